The maximum atomic E-state index is 12.0. The molecule has 1 aromatic heterocycles. The molecule has 1 aromatic rings. The smallest absolute Gasteiger partial charge is 0.227 e. The molecule has 1 heterocycles. The molecule has 16 heavy (non-hydrogen) atoms. The van der Waals surface area contributed by atoms with Gasteiger partial charge in [-0.25, -0.2) is 0 Å². The van der Waals surface area contributed by atoms with Crippen molar-refractivity contribution in [1.82, 2.24) is 4.98 Å². The molecular formula is C12H16N2OS. The summed E-state index contributed by atoms with van der Waals surface area (Å²) in [4.78, 5) is 17.7. The second kappa shape index (κ2) is 4.45. The maximum Gasteiger partial charge on any atom is 0.227 e. The lowest BCUT2D eigenvalue weighted by molar-refractivity contribution is -0.119. The zero-order chi connectivity index (χ0) is 11.6. The van der Waals surface area contributed by atoms with Crippen LogP contribution in [0.1, 0.15) is 19.3 Å². The molecule has 0 radical (unpaired) electrons. The van der Waals surface area contributed by atoms with E-state index in [9.17, 15) is 4.79 Å². The summed E-state index contributed by atoms with van der Waals surface area (Å²) in [7, 11) is 1.80. The summed E-state index contributed by atoms with van der Waals surface area (Å²) in [5, 5.41) is 0. The molecule has 3 nitrogen and oxygen atoms in total. The number of hydrogen-bond donors (Lipinski definition) is 1. The van der Waals surface area contributed by atoms with E-state index in [0.29, 0.717) is 6.42 Å². The summed E-state index contributed by atoms with van der Waals surface area (Å²) < 4.78 is 0. The van der Waals surface area contributed by atoms with Crippen LogP contribution in [0.25, 0.3) is 0 Å². The minimum atomic E-state index is 0.152. The first-order chi connectivity index (χ1) is 7.67. The molecule has 1 saturated carbocycles. The normalized spacial score (nSPS) is 16.9. The summed E-state index contributed by atoms with van der Waals surface area (Å²) in [6.45, 7) is 0. The number of pyridine rings is 1. The van der Waals surface area contributed by atoms with Crippen molar-refractivity contribution in [1.29, 1.82) is 0 Å². The van der Waals surface area contributed by atoms with Gasteiger partial charge in [0.1, 0.15) is 0 Å². The predicted octanol–water partition coefficient (Wildman–Crippen LogP) is 2.14. The lowest BCUT2D eigenvalue weighted by Gasteiger charge is -2.19. The van der Waals surface area contributed by atoms with Crippen molar-refractivity contribution in [2.45, 2.75) is 19.3 Å². The lowest BCUT2D eigenvalue weighted by Crippen LogP contribution is -2.29. The van der Waals surface area contributed by atoms with Crippen molar-refractivity contribution in [3.05, 3.63) is 24.5 Å². The van der Waals surface area contributed by atoms with Crippen LogP contribution < -0.4 is 4.90 Å². The Bertz CT molecular complexity index is 376. The molecule has 1 fully saturated rings. The Morgan fingerprint density at radius 1 is 1.62 bits per heavy atom. The van der Waals surface area contributed by atoms with Crippen LogP contribution in [0.4, 0.5) is 5.69 Å². The van der Waals surface area contributed by atoms with E-state index < -0.39 is 0 Å². The molecule has 0 unspecified atom stereocenters. The number of anilines is 1. The van der Waals surface area contributed by atoms with Gasteiger partial charge in [0.25, 0.3) is 0 Å². The molecule has 1 amide bonds. The fourth-order valence-corrected chi connectivity index (χ4v) is 2.13. The number of nitrogens with zero attached hydrogens (tertiary/aromatic N) is 2. The van der Waals surface area contributed by atoms with Crippen molar-refractivity contribution < 1.29 is 4.79 Å². The molecule has 0 bridgehead atoms. The van der Waals surface area contributed by atoms with Gasteiger partial charge in [-0.05, 0) is 36.1 Å². The fraction of sp³-hybridized carbons (Fsp3) is 0.500. The number of hydrogen-bond acceptors (Lipinski definition) is 3. The molecule has 0 atom stereocenters. The van der Waals surface area contributed by atoms with Crippen LogP contribution in [-0.4, -0.2) is 23.7 Å². The molecule has 0 saturated heterocycles. The van der Waals surface area contributed by atoms with Gasteiger partial charge < -0.3 is 4.90 Å². The molecule has 1 aliphatic rings. The van der Waals surface area contributed by atoms with E-state index in [1.54, 1.807) is 24.3 Å². The van der Waals surface area contributed by atoms with Crippen LogP contribution in [0, 0.1) is 5.41 Å². The second-order valence-electron chi connectivity index (χ2n) is 4.50. The number of thiol groups is 1. The van der Waals surface area contributed by atoms with E-state index in [4.69, 9.17) is 0 Å². The average molecular weight is 236 g/mol. The monoisotopic (exact) mass is 236 g/mol. The Hall–Kier alpha value is -1.03. The highest BCUT2D eigenvalue weighted by Gasteiger charge is 2.43. The van der Waals surface area contributed by atoms with Crippen molar-refractivity contribution in [2.75, 3.05) is 17.7 Å². The van der Waals surface area contributed by atoms with Gasteiger partial charge in [0, 0.05) is 19.7 Å². The van der Waals surface area contributed by atoms with Gasteiger partial charge in [-0.1, -0.05) is 0 Å². The molecule has 0 N–H and O–H groups in total. The topological polar surface area (TPSA) is 33.2 Å². The molecular weight excluding hydrogens is 220 g/mol. The van der Waals surface area contributed by atoms with Gasteiger partial charge in [0.2, 0.25) is 5.91 Å². The van der Waals surface area contributed by atoms with E-state index in [1.165, 1.54) is 0 Å². The molecule has 1 aliphatic carbocycles. The summed E-state index contributed by atoms with van der Waals surface area (Å²) in [6.07, 6.45) is 6.27. The van der Waals surface area contributed by atoms with Crippen LogP contribution in [-0.2, 0) is 4.79 Å². The van der Waals surface area contributed by atoms with E-state index in [1.807, 2.05) is 12.1 Å². The van der Waals surface area contributed by atoms with E-state index in [-0.39, 0.29) is 11.3 Å². The van der Waals surface area contributed by atoms with Gasteiger partial charge in [-0.15, -0.1) is 0 Å². The lowest BCUT2D eigenvalue weighted by atomic mass is 10.0. The van der Waals surface area contributed by atoms with Gasteiger partial charge >= 0.3 is 0 Å². The van der Waals surface area contributed by atoms with Crippen LogP contribution in [0.3, 0.4) is 0 Å². The maximum absolute atomic E-state index is 12.0. The van der Waals surface area contributed by atoms with Crippen LogP contribution in [0.15, 0.2) is 24.5 Å². The summed E-state index contributed by atoms with van der Waals surface area (Å²) >= 11 is 4.31. The number of rotatable bonds is 4. The van der Waals surface area contributed by atoms with Crippen LogP contribution in [0.5, 0.6) is 0 Å². The highest BCUT2D eigenvalue weighted by atomic mass is 32.1. The summed E-state index contributed by atoms with van der Waals surface area (Å²) in [5.41, 5.74) is 1.03. The van der Waals surface area contributed by atoms with Gasteiger partial charge in [0.15, 0.2) is 0 Å². The number of amides is 1. The zero-order valence-corrected chi connectivity index (χ0v) is 10.3. The summed E-state index contributed by atoms with van der Waals surface area (Å²) in [5.74, 6) is 0.958. The van der Waals surface area contributed by atoms with Gasteiger partial charge in [-0.3, -0.25) is 9.78 Å². The van der Waals surface area contributed by atoms with Crippen LogP contribution >= 0.6 is 12.6 Å². The predicted molar refractivity (Wildman–Crippen MR) is 67.8 cm³/mol. The minimum Gasteiger partial charge on any atom is -0.314 e. The SMILES string of the molecule is CN(C(=O)CC1(CS)CC1)c1cccnc1. The van der Waals surface area contributed by atoms with Gasteiger partial charge in [0.05, 0.1) is 11.9 Å². The Kier molecular flexibility index (Phi) is 3.19. The summed E-state index contributed by atoms with van der Waals surface area (Å²) in [6, 6.07) is 3.73. The van der Waals surface area contributed by atoms with Crippen molar-refractivity contribution in [3.8, 4) is 0 Å². The van der Waals surface area contributed by atoms with E-state index in [2.05, 4.69) is 17.6 Å². The quantitative estimate of drug-likeness (QED) is 0.813. The first kappa shape index (κ1) is 11.5. The highest BCUT2D eigenvalue weighted by Crippen LogP contribution is 2.49. The van der Waals surface area contributed by atoms with Crippen LogP contribution in [0.2, 0.25) is 0 Å². The van der Waals surface area contributed by atoms with E-state index >= 15 is 0 Å². The van der Waals surface area contributed by atoms with Gasteiger partial charge in [-0.2, -0.15) is 12.6 Å². The largest absolute Gasteiger partial charge is 0.314 e. The third-order valence-electron chi connectivity index (χ3n) is 3.23. The first-order valence-electron chi connectivity index (χ1n) is 5.44. The standard InChI is InChI=1S/C12H16N2OS/c1-14(10-3-2-6-13-8-10)11(15)7-12(9-16)4-5-12/h2-3,6,8,16H,4-5,7,9H2,1H3. The zero-order valence-electron chi connectivity index (χ0n) is 9.39. The Balaban J connectivity index is 2.00. The average Bonchev–Trinajstić information content (AvgIpc) is 3.09. The first-order valence-corrected chi connectivity index (χ1v) is 6.08. The minimum absolute atomic E-state index is 0.152. The van der Waals surface area contributed by atoms with Crippen molar-refractivity contribution in [3.63, 3.8) is 0 Å². The second-order valence-corrected chi connectivity index (χ2v) is 4.82. The Labute approximate surface area is 101 Å². The third kappa shape index (κ3) is 2.38. The number of carbonyl (C=O) groups is 1. The molecule has 86 valence electrons. The van der Waals surface area contributed by atoms with E-state index in [0.717, 1.165) is 24.3 Å². The molecule has 4 heteroatoms. The molecule has 0 spiro atoms. The Morgan fingerprint density at radius 3 is 2.88 bits per heavy atom. The molecule has 2 rings (SSSR count). The van der Waals surface area contributed by atoms with Crippen molar-refractivity contribution >= 4 is 24.2 Å². The number of carbonyl (C=O) groups excluding carboxylic acids is 1. The molecule has 0 aromatic carbocycles. The highest BCUT2D eigenvalue weighted by molar-refractivity contribution is 7.80. The third-order valence-corrected chi connectivity index (χ3v) is 3.90. The Morgan fingerprint density at radius 2 is 2.38 bits per heavy atom. The van der Waals surface area contributed by atoms with Crippen molar-refractivity contribution in [2.24, 2.45) is 5.41 Å². The molecule has 0 aliphatic heterocycles. The fourth-order valence-electron chi connectivity index (χ4n) is 1.70. The number of aromatic nitrogens is 1.